The minimum absolute atomic E-state index is 0.0164. The van der Waals surface area contributed by atoms with Crippen LogP contribution >= 0.6 is 0 Å². The monoisotopic (exact) mass is 450 g/mol. The summed E-state index contributed by atoms with van der Waals surface area (Å²) in [6, 6.07) is 3.56. The highest BCUT2D eigenvalue weighted by Crippen LogP contribution is 2.45. The number of anilines is 1. The summed E-state index contributed by atoms with van der Waals surface area (Å²) in [6.45, 7) is 2.31. The van der Waals surface area contributed by atoms with Gasteiger partial charge in [0.25, 0.3) is 5.91 Å². The van der Waals surface area contributed by atoms with Crippen LogP contribution in [0.25, 0.3) is 0 Å². The lowest BCUT2D eigenvalue weighted by Crippen LogP contribution is -2.50. The molecule has 1 amide bonds. The normalized spacial score (nSPS) is 23.2. The Hall–Kier alpha value is -3.11. The van der Waals surface area contributed by atoms with Crippen molar-refractivity contribution in [1.82, 2.24) is 19.4 Å². The van der Waals surface area contributed by atoms with Gasteiger partial charge in [-0.15, -0.1) is 0 Å². The highest BCUT2D eigenvalue weighted by Gasteiger charge is 2.52. The van der Waals surface area contributed by atoms with Crippen LogP contribution in [0.3, 0.4) is 0 Å². The Balaban J connectivity index is 1.53. The van der Waals surface area contributed by atoms with Gasteiger partial charge in [0.1, 0.15) is 5.69 Å². The summed E-state index contributed by atoms with van der Waals surface area (Å²) >= 11 is 0. The SMILES string of the molecule is CCN(C(=O)c1cnc(C2=NOC3(CCC(C(F)(F)F)CC3)N2C)n1C)c1cccnc1. The third-order valence-electron chi connectivity index (χ3n) is 6.39. The van der Waals surface area contributed by atoms with Crippen LogP contribution in [-0.4, -0.2) is 56.7 Å². The van der Waals surface area contributed by atoms with Gasteiger partial charge in [0, 0.05) is 39.7 Å². The number of oxime groups is 1. The number of aromatic nitrogens is 3. The Morgan fingerprint density at radius 2 is 2.00 bits per heavy atom. The second-order valence-corrected chi connectivity index (χ2v) is 8.11. The third kappa shape index (κ3) is 3.69. The zero-order chi connectivity index (χ0) is 23.1. The number of amides is 1. The van der Waals surface area contributed by atoms with Crippen LogP contribution in [0.5, 0.6) is 0 Å². The lowest BCUT2D eigenvalue weighted by Gasteiger charge is -2.40. The van der Waals surface area contributed by atoms with E-state index >= 15 is 0 Å². The Morgan fingerprint density at radius 1 is 1.28 bits per heavy atom. The number of alkyl halides is 3. The number of pyridine rings is 1. The first-order chi connectivity index (χ1) is 15.2. The van der Waals surface area contributed by atoms with E-state index in [1.807, 2.05) is 6.92 Å². The topological polar surface area (TPSA) is 75.9 Å². The molecule has 0 atom stereocenters. The first kappa shape index (κ1) is 22.1. The fraction of sp³-hybridized carbons (Fsp3) is 0.524. The lowest BCUT2D eigenvalue weighted by molar-refractivity contribution is -0.205. The molecule has 3 heterocycles. The Bertz CT molecular complexity index is 1010. The van der Waals surface area contributed by atoms with E-state index in [0.29, 0.717) is 29.6 Å². The average Bonchev–Trinajstić information content (AvgIpc) is 3.29. The molecule has 0 unspecified atom stereocenters. The van der Waals surface area contributed by atoms with Gasteiger partial charge < -0.3 is 19.2 Å². The Kier molecular flexibility index (Phi) is 5.59. The van der Waals surface area contributed by atoms with E-state index in [1.165, 1.54) is 6.20 Å². The zero-order valence-electron chi connectivity index (χ0n) is 18.1. The fourth-order valence-electron chi connectivity index (χ4n) is 4.37. The van der Waals surface area contributed by atoms with Crippen molar-refractivity contribution in [3.8, 4) is 0 Å². The first-order valence-electron chi connectivity index (χ1n) is 10.5. The van der Waals surface area contributed by atoms with E-state index < -0.39 is 17.8 Å². The number of carbonyl (C=O) groups excluding carboxylic acids is 1. The number of amidine groups is 1. The van der Waals surface area contributed by atoms with Crippen LogP contribution < -0.4 is 4.90 Å². The van der Waals surface area contributed by atoms with Crippen molar-refractivity contribution in [3.05, 3.63) is 42.2 Å². The van der Waals surface area contributed by atoms with E-state index in [2.05, 4.69) is 15.1 Å². The number of rotatable bonds is 4. The van der Waals surface area contributed by atoms with E-state index in [4.69, 9.17) is 4.84 Å². The Morgan fingerprint density at radius 3 is 2.59 bits per heavy atom. The quantitative estimate of drug-likeness (QED) is 0.712. The molecule has 2 aromatic heterocycles. The van der Waals surface area contributed by atoms with Gasteiger partial charge >= 0.3 is 6.18 Å². The molecule has 8 nitrogen and oxygen atoms in total. The van der Waals surface area contributed by atoms with Gasteiger partial charge in [-0.05, 0) is 31.9 Å². The highest BCUT2D eigenvalue weighted by molar-refractivity contribution is 6.06. The number of hydrogen-bond donors (Lipinski definition) is 0. The molecule has 4 rings (SSSR count). The van der Waals surface area contributed by atoms with Crippen molar-refractivity contribution in [2.75, 3.05) is 18.5 Å². The van der Waals surface area contributed by atoms with Gasteiger partial charge in [-0.1, -0.05) is 5.16 Å². The molecular weight excluding hydrogens is 425 g/mol. The summed E-state index contributed by atoms with van der Waals surface area (Å²) in [5, 5.41) is 4.15. The van der Waals surface area contributed by atoms with E-state index in [1.54, 1.807) is 53.0 Å². The number of hydrogen-bond acceptors (Lipinski definition) is 6. The number of imidazole rings is 1. The predicted molar refractivity (Wildman–Crippen MR) is 111 cm³/mol. The molecule has 172 valence electrons. The summed E-state index contributed by atoms with van der Waals surface area (Å²) in [4.78, 5) is 30.6. The number of carbonyl (C=O) groups is 1. The molecular formula is C21H25F3N6O2. The van der Waals surface area contributed by atoms with Crippen LogP contribution in [0, 0.1) is 5.92 Å². The number of halogens is 3. The lowest BCUT2D eigenvalue weighted by atomic mass is 9.82. The minimum atomic E-state index is -4.20. The highest BCUT2D eigenvalue weighted by atomic mass is 19.4. The maximum absolute atomic E-state index is 13.2. The predicted octanol–water partition coefficient (Wildman–Crippen LogP) is 3.55. The molecule has 1 fully saturated rings. The van der Waals surface area contributed by atoms with Crippen LogP contribution in [-0.2, 0) is 11.9 Å². The maximum atomic E-state index is 13.2. The summed E-state index contributed by atoms with van der Waals surface area (Å²) in [5.74, 6) is -0.766. The van der Waals surface area contributed by atoms with Crippen molar-refractivity contribution >= 4 is 17.4 Å². The first-order valence-corrected chi connectivity index (χ1v) is 10.5. The smallest absolute Gasteiger partial charge is 0.365 e. The third-order valence-corrected chi connectivity index (χ3v) is 6.39. The van der Waals surface area contributed by atoms with Crippen molar-refractivity contribution in [2.24, 2.45) is 18.1 Å². The molecule has 1 saturated carbocycles. The molecule has 2 aliphatic rings. The van der Waals surface area contributed by atoms with Crippen LogP contribution in [0.2, 0.25) is 0 Å². The minimum Gasteiger partial charge on any atom is -0.365 e. The van der Waals surface area contributed by atoms with E-state index in [-0.39, 0.29) is 31.6 Å². The average molecular weight is 450 g/mol. The largest absolute Gasteiger partial charge is 0.391 e. The molecule has 0 bridgehead atoms. The van der Waals surface area contributed by atoms with Crippen LogP contribution in [0.15, 0.2) is 35.9 Å². The van der Waals surface area contributed by atoms with Crippen molar-refractivity contribution < 1.29 is 22.8 Å². The molecule has 11 heteroatoms. The molecule has 1 spiro atoms. The Labute approximate surface area is 183 Å². The van der Waals surface area contributed by atoms with Gasteiger partial charge in [-0.25, -0.2) is 4.98 Å². The van der Waals surface area contributed by atoms with E-state index in [0.717, 1.165) is 0 Å². The molecule has 0 N–H and O–H groups in total. The van der Waals surface area contributed by atoms with Gasteiger partial charge in [0.05, 0.1) is 24.0 Å². The van der Waals surface area contributed by atoms with Crippen molar-refractivity contribution in [2.45, 2.75) is 44.5 Å². The van der Waals surface area contributed by atoms with Gasteiger partial charge in [0.2, 0.25) is 11.6 Å². The van der Waals surface area contributed by atoms with Crippen LogP contribution in [0.4, 0.5) is 18.9 Å². The van der Waals surface area contributed by atoms with Gasteiger partial charge in [-0.3, -0.25) is 9.78 Å². The zero-order valence-corrected chi connectivity index (χ0v) is 18.1. The van der Waals surface area contributed by atoms with Gasteiger partial charge in [-0.2, -0.15) is 13.2 Å². The standard InChI is InChI=1S/C21H25F3N6O2/c1-4-30(15-6-5-11-25-12-15)19(31)16-13-26-17(28(16)2)18-27-32-20(29(18)3)9-7-14(8-10-20)21(22,23)24/h5-6,11-14H,4,7-10H2,1-3H3. The second-order valence-electron chi connectivity index (χ2n) is 8.11. The molecule has 0 radical (unpaired) electrons. The summed E-state index contributed by atoms with van der Waals surface area (Å²) in [5.41, 5.74) is 0.101. The second kappa shape index (κ2) is 8.10. The summed E-state index contributed by atoms with van der Waals surface area (Å²) in [6.07, 6.45) is 0.909. The summed E-state index contributed by atoms with van der Waals surface area (Å²) < 4.78 is 40.8. The molecule has 0 aromatic carbocycles. The molecule has 1 aliphatic carbocycles. The molecule has 32 heavy (non-hydrogen) atoms. The van der Waals surface area contributed by atoms with Gasteiger partial charge in [0.15, 0.2) is 5.82 Å². The van der Waals surface area contributed by atoms with Crippen LogP contribution in [0.1, 0.15) is 48.9 Å². The maximum Gasteiger partial charge on any atom is 0.391 e. The summed E-state index contributed by atoms with van der Waals surface area (Å²) in [7, 11) is 3.44. The number of nitrogens with zero attached hydrogens (tertiary/aromatic N) is 6. The van der Waals surface area contributed by atoms with Crippen molar-refractivity contribution in [1.29, 1.82) is 0 Å². The fourth-order valence-corrected chi connectivity index (χ4v) is 4.37. The molecule has 1 aliphatic heterocycles. The van der Waals surface area contributed by atoms with E-state index in [9.17, 15) is 18.0 Å². The molecule has 0 saturated heterocycles. The molecule has 2 aromatic rings. The van der Waals surface area contributed by atoms with Crippen molar-refractivity contribution in [3.63, 3.8) is 0 Å².